The Morgan fingerprint density at radius 2 is 2.10 bits per heavy atom. The highest BCUT2D eigenvalue weighted by molar-refractivity contribution is 7.22. The number of nitrogens with one attached hydrogen (secondary N) is 1. The van der Waals surface area contributed by atoms with Crippen LogP contribution in [0, 0.1) is 12.8 Å². The van der Waals surface area contributed by atoms with Gasteiger partial charge in [0.25, 0.3) is 0 Å². The molecular weight excluding hydrogens is 388 g/mol. The third kappa shape index (κ3) is 3.39. The van der Waals surface area contributed by atoms with Crippen molar-refractivity contribution in [2.24, 2.45) is 5.92 Å². The van der Waals surface area contributed by atoms with Crippen molar-refractivity contribution in [3.8, 4) is 0 Å². The molecule has 2 aliphatic rings. The highest BCUT2D eigenvalue weighted by Gasteiger charge is 2.39. The average molecular weight is 411 g/mol. The Morgan fingerprint density at radius 3 is 2.86 bits per heavy atom. The molecule has 29 heavy (non-hydrogen) atoms. The summed E-state index contributed by atoms with van der Waals surface area (Å²) < 4.78 is 1.07. The lowest BCUT2D eigenvalue weighted by molar-refractivity contribution is -0.136. The van der Waals surface area contributed by atoms with E-state index in [4.69, 9.17) is 0 Å². The number of aromatic nitrogens is 4. The third-order valence-corrected chi connectivity index (χ3v) is 6.91. The Kier molecular flexibility index (Phi) is 4.54. The molecule has 2 fully saturated rings. The van der Waals surface area contributed by atoms with Crippen LogP contribution in [0.1, 0.15) is 36.6 Å². The van der Waals surface area contributed by atoms with Crippen molar-refractivity contribution in [3.63, 3.8) is 0 Å². The van der Waals surface area contributed by atoms with Crippen molar-refractivity contribution in [1.29, 1.82) is 0 Å². The van der Waals surface area contributed by atoms with Crippen LogP contribution < -0.4 is 4.90 Å². The number of carbonyl (C=O) groups is 2. The lowest BCUT2D eigenvalue weighted by Gasteiger charge is -2.32. The minimum atomic E-state index is -0.293. The van der Waals surface area contributed by atoms with Crippen LogP contribution in [0.25, 0.3) is 10.2 Å². The summed E-state index contributed by atoms with van der Waals surface area (Å²) in [6.07, 6.45) is 3.51. The SMILES string of the molecule is Cc1ccc2nc(N3CC(C(=O)N4CCC(c5ncn[nH]5)CC4)CC3=O)sc2c1. The van der Waals surface area contributed by atoms with Gasteiger partial charge in [-0.1, -0.05) is 17.4 Å². The minimum absolute atomic E-state index is 0.0179. The fraction of sp³-hybridized carbons (Fsp3) is 0.450. The molecule has 2 amide bonds. The van der Waals surface area contributed by atoms with Crippen molar-refractivity contribution >= 4 is 38.5 Å². The van der Waals surface area contributed by atoms with Gasteiger partial charge in [0.05, 0.1) is 16.1 Å². The first-order valence-electron chi connectivity index (χ1n) is 9.90. The molecule has 150 valence electrons. The van der Waals surface area contributed by atoms with E-state index in [0.717, 1.165) is 28.9 Å². The Hall–Kier alpha value is -2.81. The van der Waals surface area contributed by atoms with Crippen LogP contribution in [0.2, 0.25) is 0 Å². The standard InChI is InChI=1S/C20H22N6O2S/c1-12-2-3-15-16(8-12)29-20(23-15)26-10-14(9-17(26)27)19(28)25-6-4-13(5-7-25)18-21-11-22-24-18/h2-3,8,11,13-14H,4-7,9-10H2,1H3,(H,21,22,24). The maximum atomic E-state index is 13.0. The topological polar surface area (TPSA) is 95.1 Å². The number of fused-ring (bicyclic) bond motifs is 1. The summed E-state index contributed by atoms with van der Waals surface area (Å²) in [6, 6.07) is 6.08. The van der Waals surface area contributed by atoms with Gasteiger partial charge >= 0.3 is 0 Å². The van der Waals surface area contributed by atoms with Gasteiger partial charge in [-0.3, -0.25) is 19.6 Å². The van der Waals surface area contributed by atoms with Crippen LogP contribution in [-0.4, -0.2) is 56.5 Å². The first kappa shape index (κ1) is 18.2. The maximum Gasteiger partial charge on any atom is 0.229 e. The molecule has 1 unspecified atom stereocenters. The second-order valence-electron chi connectivity index (χ2n) is 7.84. The zero-order valence-corrected chi connectivity index (χ0v) is 17.0. The number of H-pyrrole nitrogens is 1. The number of aryl methyl sites for hydroxylation is 1. The quantitative estimate of drug-likeness (QED) is 0.716. The summed E-state index contributed by atoms with van der Waals surface area (Å²) in [5, 5.41) is 7.53. The molecule has 2 saturated heterocycles. The number of nitrogens with zero attached hydrogens (tertiary/aromatic N) is 5. The molecule has 1 N–H and O–H groups in total. The van der Waals surface area contributed by atoms with Crippen LogP contribution in [0.15, 0.2) is 24.5 Å². The molecule has 0 saturated carbocycles. The zero-order chi connectivity index (χ0) is 20.0. The Bertz CT molecular complexity index is 1050. The third-order valence-electron chi connectivity index (χ3n) is 5.86. The summed E-state index contributed by atoms with van der Waals surface area (Å²) in [5.41, 5.74) is 2.06. The molecule has 2 aliphatic heterocycles. The van der Waals surface area contributed by atoms with E-state index in [1.807, 2.05) is 24.0 Å². The predicted octanol–water partition coefficient (Wildman–Crippen LogP) is 2.48. The Balaban J connectivity index is 1.25. The van der Waals surface area contributed by atoms with E-state index in [9.17, 15) is 9.59 Å². The van der Waals surface area contributed by atoms with E-state index in [2.05, 4.69) is 26.2 Å². The van der Waals surface area contributed by atoms with Gasteiger partial charge in [-0.25, -0.2) is 9.97 Å². The van der Waals surface area contributed by atoms with E-state index in [-0.39, 0.29) is 24.2 Å². The number of amides is 2. The summed E-state index contributed by atoms with van der Waals surface area (Å²) in [6.45, 7) is 3.84. The summed E-state index contributed by atoms with van der Waals surface area (Å²) in [7, 11) is 0. The van der Waals surface area contributed by atoms with E-state index >= 15 is 0 Å². The van der Waals surface area contributed by atoms with Gasteiger partial charge in [-0.2, -0.15) is 5.10 Å². The van der Waals surface area contributed by atoms with E-state index < -0.39 is 0 Å². The van der Waals surface area contributed by atoms with Gasteiger partial charge in [0.1, 0.15) is 12.2 Å². The lowest BCUT2D eigenvalue weighted by Crippen LogP contribution is -2.42. The second kappa shape index (κ2) is 7.22. The number of piperidine rings is 1. The number of hydrogen-bond donors (Lipinski definition) is 1. The van der Waals surface area contributed by atoms with Crippen molar-refractivity contribution in [2.75, 3.05) is 24.5 Å². The van der Waals surface area contributed by atoms with Crippen molar-refractivity contribution in [3.05, 3.63) is 35.9 Å². The summed E-state index contributed by atoms with van der Waals surface area (Å²) >= 11 is 1.51. The Morgan fingerprint density at radius 1 is 1.28 bits per heavy atom. The molecule has 0 bridgehead atoms. The number of aromatic amines is 1. The van der Waals surface area contributed by atoms with Crippen molar-refractivity contribution < 1.29 is 9.59 Å². The second-order valence-corrected chi connectivity index (χ2v) is 8.85. The molecule has 1 aromatic carbocycles. The smallest absolute Gasteiger partial charge is 0.229 e. The first-order valence-corrected chi connectivity index (χ1v) is 10.7. The van der Waals surface area contributed by atoms with Crippen LogP contribution in [0.4, 0.5) is 5.13 Å². The highest BCUT2D eigenvalue weighted by Crippen LogP contribution is 2.34. The number of thiazole rings is 1. The van der Waals surface area contributed by atoms with Crippen LogP contribution >= 0.6 is 11.3 Å². The Labute approximate surface area is 171 Å². The summed E-state index contributed by atoms with van der Waals surface area (Å²) in [4.78, 5) is 38.1. The van der Waals surface area contributed by atoms with Crippen molar-refractivity contribution in [2.45, 2.75) is 32.1 Å². The minimum Gasteiger partial charge on any atom is -0.342 e. The van der Waals surface area contributed by atoms with Crippen LogP contribution in [0.3, 0.4) is 0 Å². The number of rotatable bonds is 3. The van der Waals surface area contributed by atoms with Gasteiger partial charge in [0.2, 0.25) is 11.8 Å². The molecule has 5 rings (SSSR count). The molecule has 3 aromatic rings. The molecule has 8 nitrogen and oxygen atoms in total. The van der Waals surface area contributed by atoms with Gasteiger partial charge < -0.3 is 4.90 Å². The molecule has 9 heteroatoms. The van der Waals surface area contributed by atoms with Crippen LogP contribution in [0.5, 0.6) is 0 Å². The predicted molar refractivity (Wildman–Crippen MR) is 110 cm³/mol. The number of hydrogen-bond acceptors (Lipinski definition) is 6. The van der Waals surface area contributed by atoms with Gasteiger partial charge in [0.15, 0.2) is 5.13 Å². The molecule has 4 heterocycles. The first-order chi connectivity index (χ1) is 14.1. The lowest BCUT2D eigenvalue weighted by atomic mass is 9.95. The molecule has 2 aromatic heterocycles. The van der Waals surface area contributed by atoms with Crippen molar-refractivity contribution in [1.82, 2.24) is 25.1 Å². The normalized spacial score (nSPS) is 20.7. The molecule has 1 atom stereocenters. The van der Waals surface area contributed by atoms with Crippen LogP contribution in [-0.2, 0) is 9.59 Å². The number of anilines is 1. The van der Waals surface area contributed by atoms with Gasteiger partial charge in [0, 0.05) is 32.0 Å². The molecule has 0 aliphatic carbocycles. The highest BCUT2D eigenvalue weighted by atomic mass is 32.1. The average Bonchev–Trinajstić information content (AvgIpc) is 3.46. The summed E-state index contributed by atoms with van der Waals surface area (Å²) in [5.74, 6) is 0.974. The maximum absolute atomic E-state index is 13.0. The fourth-order valence-corrected chi connectivity index (χ4v) is 5.33. The van der Waals surface area contributed by atoms with Gasteiger partial charge in [-0.15, -0.1) is 0 Å². The number of carbonyl (C=O) groups excluding carboxylic acids is 2. The number of likely N-dealkylation sites (tertiary alicyclic amines) is 1. The molecule has 0 radical (unpaired) electrons. The fourth-order valence-electron chi connectivity index (χ4n) is 4.24. The monoisotopic (exact) mass is 410 g/mol. The van der Waals surface area contributed by atoms with E-state index in [0.29, 0.717) is 30.7 Å². The largest absolute Gasteiger partial charge is 0.342 e. The zero-order valence-electron chi connectivity index (χ0n) is 16.2. The van der Waals surface area contributed by atoms with E-state index in [1.54, 1.807) is 4.90 Å². The molecule has 0 spiro atoms. The molecular formula is C20H22N6O2S. The number of benzene rings is 1. The van der Waals surface area contributed by atoms with Gasteiger partial charge in [-0.05, 0) is 37.5 Å². The van der Waals surface area contributed by atoms with E-state index in [1.165, 1.54) is 23.2 Å².